The van der Waals surface area contributed by atoms with Crippen molar-refractivity contribution in [2.45, 2.75) is 154 Å². The number of nitrogens with two attached hydrogens (primary N) is 1. The van der Waals surface area contributed by atoms with Crippen molar-refractivity contribution in [1.82, 2.24) is 0 Å². The Morgan fingerprint density at radius 3 is 1.74 bits per heavy atom. The van der Waals surface area contributed by atoms with Gasteiger partial charge in [-0.1, -0.05) is 131 Å². The van der Waals surface area contributed by atoms with Gasteiger partial charge in [-0.15, -0.1) is 0 Å². The maximum Gasteiger partial charge on any atom is 0.472 e. The summed E-state index contributed by atoms with van der Waals surface area (Å²) in [6, 6.07) is -1.54. The van der Waals surface area contributed by atoms with Crippen LogP contribution in [0.1, 0.15) is 136 Å². The Morgan fingerprint density at radius 2 is 1.14 bits per heavy atom. The number of aliphatic hydroxyl groups is 1. The molecule has 57 heavy (non-hydrogen) atoms. The third kappa shape index (κ3) is 37.9. The Kier molecular flexibility index (Phi) is 35.9. The predicted molar refractivity (Wildman–Crippen MR) is 227 cm³/mol. The second kappa shape index (κ2) is 38.2. The van der Waals surface area contributed by atoms with E-state index < -0.39 is 63.8 Å². The normalized spacial score (nSPS) is 15.2. The molecule has 0 spiro atoms. The van der Waals surface area contributed by atoms with Crippen molar-refractivity contribution >= 4 is 25.7 Å². The second-order valence-corrected chi connectivity index (χ2v) is 15.0. The molecule has 0 bridgehead atoms. The van der Waals surface area contributed by atoms with Gasteiger partial charge in [0, 0.05) is 12.8 Å². The molecule has 0 aliphatic heterocycles. The van der Waals surface area contributed by atoms with Gasteiger partial charge in [0.2, 0.25) is 0 Å². The molecular formula is C44H72NO11P. The number of aliphatic carboxylic acids is 1. The van der Waals surface area contributed by atoms with Gasteiger partial charge >= 0.3 is 25.7 Å². The monoisotopic (exact) mass is 821 g/mol. The van der Waals surface area contributed by atoms with Gasteiger partial charge in [-0.2, -0.15) is 0 Å². The van der Waals surface area contributed by atoms with E-state index in [1.807, 2.05) is 37.3 Å². The first-order valence-corrected chi connectivity index (χ1v) is 22.2. The lowest BCUT2D eigenvalue weighted by Gasteiger charge is -2.20. The number of esters is 2. The lowest BCUT2D eigenvalue weighted by atomic mass is 10.1. The summed E-state index contributed by atoms with van der Waals surface area (Å²) in [7, 11) is -4.74. The maximum absolute atomic E-state index is 12.6. The molecule has 12 nitrogen and oxygen atoms in total. The molecule has 324 valence electrons. The molecule has 0 aromatic heterocycles. The fraction of sp³-hybridized carbons (Fsp3) is 0.614. The van der Waals surface area contributed by atoms with E-state index in [1.165, 1.54) is 19.3 Å². The van der Waals surface area contributed by atoms with E-state index in [1.54, 1.807) is 6.08 Å². The molecule has 0 aliphatic rings. The van der Waals surface area contributed by atoms with E-state index in [0.717, 1.165) is 64.2 Å². The van der Waals surface area contributed by atoms with Crippen LogP contribution in [0.15, 0.2) is 85.1 Å². The van der Waals surface area contributed by atoms with Crippen LogP contribution >= 0.6 is 7.82 Å². The Hall–Kier alpha value is -3.38. The molecule has 0 amide bonds. The number of phosphoric acid groups is 1. The highest BCUT2D eigenvalue weighted by Crippen LogP contribution is 2.43. The van der Waals surface area contributed by atoms with Gasteiger partial charge in [0.05, 0.1) is 19.3 Å². The summed E-state index contributed by atoms with van der Waals surface area (Å²) in [5, 5.41) is 18.3. The van der Waals surface area contributed by atoms with Crippen LogP contribution in [0.25, 0.3) is 0 Å². The van der Waals surface area contributed by atoms with Crippen LogP contribution in [-0.4, -0.2) is 71.1 Å². The van der Waals surface area contributed by atoms with Crippen LogP contribution in [0, 0.1) is 0 Å². The average molecular weight is 822 g/mol. The molecule has 5 N–H and O–H groups in total. The third-order valence-corrected chi connectivity index (χ3v) is 9.24. The van der Waals surface area contributed by atoms with E-state index in [4.69, 9.17) is 24.8 Å². The van der Waals surface area contributed by atoms with Crippen molar-refractivity contribution in [3.8, 4) is 0 Å². The van der Waals surface area contributed by atoms with E-state index in [9.17, 15) is 28.9 Å². The Labute approximate surface area is 342 Å². The zero-order valence-electron chi connectivity index (χ0n) is 34.5. The van der Waals surface area contributed by atoms with Gasteiger partial charge in [0.1, 0.15) is 12.6 Å². The van der Waals surface area contributed by atoms with E-state index in [2.05, 4.69) is 60.1 Å². The number of carbonyl (C=O) groups is 3. The molecule has 0 aromatic rings. The number of allylic oxidation sites excluding steroid dienone is 13. The number of rotatable bonds is 37. The van der Waals surface area contributed by atoms with Crippen LogP contribution in [-0.2, 0) is 37.5 Å². The zero-order chi connectivity index (χ0) is 42.2. The zero-order valence-corrected chi connectivity index (χ0v) is 35.4. The molecule has 0 fully saturated rings. The minimum atomic E-state index is -4.74. The molecule has 0 heterocycles. The first-order chi connectivity index (χ1) is 27.5. The molecule has 0 radical (unpaired) electrons. The lowest BCUT2D eigenvalue weighted by molar-refractivity contribution is -0.161. The third-order valence-electron chi connectivity index (χ3n) is 8.28. The van der Waals surface area contributed by atoms with Crippen molar-refractivity contribution in [2.75, 3.05) is 19.8 Å². The fourth-order valence-electron chi connectivity index (χ4n) is 4.84. The number of ether oxygens (including phenoxy) is 2. The summed E-state index contributed by atoms with van der Waals surface area (Å²) in [5.41, 5.74) is 5.32. The highest BCUT2D eigenvalue weighted by Gasteiger charge is 2.28. The van der Waals surface area contributed by atoms with Crippen molar-refractivity contribution in [1.29, 1.82) is 0 Å². The Balaban J connectivity index is 4.55. The van der Waals surface area contributed by atoms with Crippen molar-refractivity contribution in [3.63, 3.8) is 0 Å². The molecule has 0 aromatic carbocycles. The van der Waals surface area contributed by atoms with Gasteiger partial charge in [0.25, 0.3) is 0 Å². The number of phosphoric ester groups is 1. The summed E-state index contributed by atoms with van der Waals surface area (Å²) in [6.07, 6.45) is 43.2. The van der Waals surface area contributed by atoms with Gasteiger partial charge in [-0.05, 0) is 77.0 Å². The fourth-order valence-corrected chi connectivity index (χ4v) is 5.62. The molecule has 0 saturated carbocycles. The van der Waals surface area contributed by atoms with Crippen LogP contribution in [0.2, 0.25) is 0 Å². The number of unbranched alkanes of at least 4 members (excludes halogenated alkanes) is 9. The average Bonchev–Trinajstić information content (AvgIpc) is 3.19. The summed E-state index contributed by atoms with van der Waals surface area (Å²) in [4.78, 5) is 45.9. The van der Waals surface area contributed by atoms with E-state index in [-0.39, 0.29) is 12.8 Å². The molecule has 1 unspecified atom stereocenters. The van der Waals surface area contributed by atoms with Crippen LogP contribution in [0.3, 0.4) is 0 Å². The first kappa shape index (κ1) is 53.6. The summed E-state index contributed by atoms with van der Waals surface area (Å²) >= 11 is 0. The van der Waals surface area contributed by atoms with E-state index in [0.29, 0.717) is 25.7 Å². The largest absolute Gasteiger partial charge is 0.480 e. The highest BCUT2D eigenvalue weighted by molar-refractivity contribution is 7.47. The summed E-state index contributed by atoms with van der Waals surface area (Å²) in [5.74, 6) is -2.51. The maximum atomic E-state index is 12.6. The molecule has 0 rings (SSSR count). The number of aliphatic hydroxyl groups excluding tert-OH is 1. The van der Waals surface area contributed by atoms with Gasteiger partial charge in [-0.25, -0.2) is 4.57 Å². The molecule has 0 aliphatic carbocycles. The molecule has 4 atom stereocenters. The quantitative estimate of drug-likeness (QED) is 0.0153. The Bertz CT molecular complexity index is 1300. The molecule has 0 saturated heterocycles. The van der Waals surface area contributed by atoms with E-state index >= 15 is 0 Å². The van der Waals surface area contributed by atoms with Crippen LogP contribution < -0.4 is 5.73 Å². The highest BCUT2D eigenvalue weighted by atomic mass is 31.2. The standard InChI is InChI=1S/C44H72NO11P/c1-3-5-6-7-8-9-10-11-12-17-20-23-26-29-32-35-43(48)56-40(37-54-57(51,52)55-38-41(45)44(49)50)36-53-42(47)34-31-28-25-22-19-16-14-13-15-18-21-24-27-30-33-39(46)4-2/h8-9,11-12,14-16,18,22,24-25,27,30,33,39-41,46H,3-7,10,13,17,19-21,23,26,28-29,31-32,34-38,45H2,1-2H3,(H,49,50)(H,51,52)/b9-8-,12-11-,16-14-,18-15-,25-22-,27-24-,33-30+/t39-,40+,41-/m0/s1. The molecule has 13 heteroatoms. The van der Waals surface area contributed by atoms with Gasteiger partial charge < -0.3 is 30.3 Å². The summed E-state index contributed by atoms with van der Waals surface area (Å²) in [6.45, 7) is 2.34. The smallest absolute Gasteiger partial charge is 0.472 e. The first-order valence-electron chi connectivity index (χ1n) is 20.7. The predicted octanol–water partition coefficient (Wildman–Crippen LogP) is 9.69. The van der Waals surface area contributed by atoms with Gasteiger partial charge in [-0.3, -0.25) is 23.4 Å². The number of hydrogen-bond donors (Lipinski definition) is 4. The number of carbonyl (C=O) groups excluding carboxylic acids is 2. The van der Waals surface area contributed by atoms with Gasteiger partial charge in [0.15, 0.2) is 6.10 Å². The minimum Gasteiger partial charge on any atom is -0.480 e. The number of hydrogen-bond acceptors (Lipinski definition) is 10. The SMILES string of the molecule is CCCCC/C=C\C/C=C\CCCCCCCC(=O)O[C@H](COC(=O)CCC/C=C\C/C=C\C/C=C\C/C=C\C=C\[C@@H](O)CC)COP(=O)(O)OC[C@H](N)C(=O)O. The number of carboxylic acids is 1. The Morgan fingerprint density at radius 1 is 0.632 bits per heavy atom. The van der Waals surface area contributed by atoms with Crippen molar-refractivity contribution < 1.29 is 52.6 Å². The second-order valence-electron chi connectivity index (χ2n) is 13.6. The van der Waals surface area contributed by atoms with Crippen molar-refractivity contribution in [3.05, 3.63) is 85.1 Å². The van der Waals surface area contributed by atoms with Crippen molar-refractivity contribution in [2.24, 2.45) is 5.73 Å². The lowest BCUT2D eigenvalue weighted by Crippen LogP contribution is -2.34. The summed E-state index contributed by atoms with van der Waals surface area (Å²) < 4.78 is 32.5. The van der Waals surface area contributed by atoms with Crippen LogP contribution in [0.4, 0.5) is 0 Å². The number of carboxylic acid groups (broad SMARTS) is 1. The van der Waals surface area contributed by atoms with Crippen LogP contribution in [0.5, 0.6) is 0 Å². The topological polar surface area (TPSA) is 192 Å². The molecular weight excluding hydrogens is 749 g/mol. The minimum absolute atomic E-state index is 0.121.